The van der Waals surface area contributed by atoms with Gasteiger partial charge in [-0.2, -0.15) is 4.31 Å². The zero-order chi connectivity index (χ0) is 20.6. The minimum Gasteiger partial charge on any atom is -0.454 e. The lowest BCUT2D eigenvalue weighted by molar-refractivity contribution is 0.0931. The SMILES string of the molecule is CC(NC(=O)c1cc(S(=O)(=O)N2CCCCC2)cn1C)c1ccc2c(c1)OCO2. The number of nitrogens with one attached hydrogen (secondary N) is 1. The van der Waals surface area contributed by atoms with Crippen LogP contribution in [0, 0.1) is 0 Å². The fourth-order valence-corrected chi connectivity index (χ4v) is 5.28. The molecule has 8 nitrogen and oxygen atoms in total. The average Bonchev–Trinajstić information content (AvgIpc) is 3.34. The van der Waals surface area contributed by atoms with Crippen molar-refractivity contribution in [3.05, 3.63) is 41.7 Å². The zero-order valence-electron chi connectivity index (χ0n) is 16.6. The van der Waals surface area contributed by atoms with Gasteiger partial charge in [0.2, 0.25) is 16.8 Å². The Balaban J connectivity index is 1.50. The van der Waals surface area contributed by atoms with Crippen LogP contribution in [0.5, 0.6) is 11.5 Å². The summed E-state index contributed by atoms with van der Waals surface area (Å²) in [5.74, 6) is 0.998. The van der Waals surface area contributed by atoms with Crippen molar-refractivity contribution in [1.82, 2.24) is 14.2 Å². The molecule has 0 saturated carbocycles. The highest BCUT2D eigenvalue weighted by Gasteiger charge is 2.29. The minimum atomic E-state index is -3.58. The Morgan fingerprint density at radius 1 is 1.10 bits per heavy atom. The number of rotatable bonds is 5. The summed E-state index contributed by atoms with van der Waals surface area (Å²) in [7, 11) is -1.91. The summed E-state index contributed by atoms with van der Waals surface area (Å²) >= 11 is 0. The van der Waals surface area contributed by atoms with Gasteiger partial charge in [0.25, 0.3) is 5.91 Å². The Kier molecular flexibility index (Phi) is 5.26. The number of amides is 1. The highest BCUT2D eigenvalue weighted by molar-refractivity contribution is 7.89. The lowest BCUT2D eigenvalue weighted by Gasteiger charge is -2.25. The lowest BCUT2D eigenvalue weighted by atomic mass is 10.1. The largest absolute Gasteiger partial charge is 0.454 e. The number of aromatic nitrogens is 1. The first kappa shape index (κ1) is 19.8. The van der Waals surface area contributed by atoms with E-state index >= 15 is 0 Å². The number of fused-ring (bicyclic) bond motifs is 1. The Bertz CT molecular complexity index is 1020. The highest BCUT2D eigenvalue weighted by atomic mass is 32.2. The van der Waals surface area contributed by atoms with Crippen molar-refractivity contribution < 1.29 is 22.7 Å². The molecule has 0 radical (unpaired) electrons. The molecule has 1 amide bonds. The summed E-state index contributed by atoms with van der Waals surface area (Å²) in [4.78, 5) is 13.0. The fraction of sp³-hybridized carbons (Fsp3) is 0.450. The second kappa shape index (κ2) is 7.72. The van der Waals surface area contributed by atoms with Crippen LogP contribution in [0.1, 0.15) is 48.3 Å². The Hall–Kier alpha value is -2.52. The summed E-state index contributed by atoms with van der Waals surface area (Å²) in [6.45, 7) is 3.11. The number of sulfonamides is 1. The maximum atomic E-state index is 12.9. The van der Waals surface area contributed by atoms with Crippen LogP contribution in [0.2, 0.25) is 0 Å². The molecule has 0 aliphatic carbocycles. The Labute approximate surface area is 170 Å². The first-order valence-electron chi connectivity index (χ1n) is 9.73. The van der Waals surface area contributed by atoms with E-state index in [0.29, 0.717) is 30.3 Å². The van der Waals surface area contributed by atoms with Gasteiger partial charge in [-0.25, -0.2) is 8.42 Å². The number of benzene rings is 1. The molecule has 4 rings (SSSR count). The van der Waals surface area contributed by atoms with Crippen LogP contribution >= 0.6 is 0 Å². The van der Waals surface area contributed by atoms with Gasteiger partial charge in [-0.3, -0.25) is 4.79 Å². The standard InChI is InChI=1S/C20H25N3O5S/c1-14(15-6-7-18-19(10-15)28-13-27-18)21-20(24)17-11-16(12-22(17)2)29(25,26)23-8-4-3-5-9-23/h6-7,10-12,14H,3-5,8-9,13H2,1-2H3,(H,21,24). The van der Waals surface area contributed by atoms with Gasteiger partial charge in [0.1, 0.15) is 10.6 Å². The van der Waals surface area contributed by atoms with E-state index in [4.69, 9.17) is 9.47 Å². The van der Waals surface area contributed by atoms with Crippen LogP contribution in [0.4, 0.5) is 0 Å². The number of aryl methyl sites for hydroxylation is 1. The van der Waals surface area contributed by atoms with E-state index in [9.17, 15) is 13.2 Å². The van der Waals surface area contributed by atoms with Crippen molar-refractivity contribution in [3.63, 3.8) is 0 Å². The van der Waals surface area contributed by atoms with E-state index in [2.05, 4.69) is 5.32 Å². The third-order valence-corrected chi connectivity index (χ3v) is 7.27. The van der Waals surface area contributed by atoms with Gasteiger partial charge in [-0.1, -0.05) is 12.5 Å². The molecule has 0 spiro atoms. The van der Waals surface area contributed by atoms with Crippen LogP contribution in [0.25, 0.3) is 0 Å². The number of ether oxygens (including phenoxy) is 2. The topological polar surface area (TPSA) is 89.9 Å². The summed E-state index contributed by atoms with van der Waals surface area (Å²) < 4.78 is 39.5. The van der Waals surface area contributed by atoms with Gasteiger partial charge in [-0.05, 0) is 43.5 Å². The highest BCUT2D eigenvalue weighted by Crippen LogP contribution is 2.34. The van der Waals surface area contributed by atoms with Crippen LogP contribution in [-0.2, 0) is 17.1 Å². The van der Waals surface area contributed by atoms with Crippen LogP contribution in [-0.4, -0.2) is 43.1 Å². The predicted octanol–water partition coefficient (Wildman–Crippen LogP) is 2.42. The van der Waals surface area contributed by atoms with Gasteiger partial charge in [0.05, 0.1) is 6.04 Å². The number of hydrogen-bond acceptors (Lipinski definition) is 5. The normalized spacial score (nSPS) is 17.9. The van der Waals surface area contributed by atoms with Crippen LogP contribution < -0.4 is 14.8 Å². The van der Waals surface area contributed by atoms with E-state index < -0.39 is 10.0 Å². The van der Waals surface area contributed by atoms with Crippen molar-refractivity contribution in [3.8, 4) is 11.5 Å². The van der Waals surface area contributed by atoms with E-state index in [1.54, 1.807) is 11.6 Å². The molecule has 1 fully saturated rings. The second-order valence-corrected chi connectivity index (χ2v) is 9.38. The molecule has 3 heterocycles. The Morgan fingerprint density at radius 2 is 1.83 bits per heavy atom. The molecule has 9 heteroatoms. The zero-order valence-corrected chi connectivity index (χ0v) is 17.4. The number of carbonyl (C=O) groups excluding carboxylic acids is 1. The number of nitrogens with zero attached hydrogens (tertiary/aromatic N) is 2. The summed E-state index contributed by atoms with van der Waals surface area (Å²) in [6.07, 6.45) is 4.29. The van der Waals surface area contributed by atoms with Crippen LogP contribution in [0.3, 0.4) is 0 Å². The lowest BCUT2D eigenvalue weighted by Crippen LogP contribution is -2.35. The van der Waals surface area contributed by atoms with Gasteiger partial charge in [0.15, 0.2) is 11.5 Å². The van der Waals surface area contributed by atoms with Crippen molar-refractivity contribution >= 4 is 15.9 Å². The molecule has 2 aliphatic heterocycles. The van der Waals surface area contributed by atoms with Gasteiger partial charge < -0.3 is 19.4 Å². The third-order valence-electron chi connectivity index (χ3n) is 5.41. The van der Waals surface area contributed by atoms with E-state index in [0.717, 1.165) is 24.8 Å². The molecule has 1 aromatic heterocycles. The van der Waals surface area contributed by atoms with Crippen molar-refractivity contribution in [2.75, 3.05) is 19.9 Å². The number of carbonyl (C=O) groups is 1. The van der Waals surface area contributed by atoms with Gasteiger partial charge in [-0.15, -0.1) is 0 Å². The number of piperidine rings is 1. The molecule has 2 aliphatic rings. The van der Waals surface area contributed by atoms with E-state index in [-0.39, 0.29) is 23.6 Å². The van der Waals surface area contributed by atoms with Gasteiger partial charge >= 0.3 is 0 Å². The van der Waals surface area contributed by atoms with Crippen molar-refractivity contribution in [2.45, 2.75) is 37.1 Å². The molecule has 156 valence electrons. The molecule has 2 aromatic rings. The smallest absolute Gasteiger partial charge is 0.268 e. The minimum absolute atomic E-state index is 0.155. The molecule has 1 unspecified atom stereocenters. The molecule has 1 N–H and O–H groups in total. The first-order valence-corrected chi connectivity index (χ1v) is 11.2. The van der Waals surface area contributed by atoms with E-state index in [1.807, 2.05) is 25.1 Å². The summed E-state index contributed by atoms with van der Waals surface area (Å²) in [5.41, 5.74) is 1.17. The molecular formula is C20H25N3O5S. The third kappa shape index (κ3) is 3.84. The second-order valence-electron chi connectivity index (χ2n) is 7.44. The molecule has 1 saturated heterocycles. The van der Waals surface area contributed by atoms with Crippen molar-refractivity contribution in [1.29, 1.82) is 0 Å². The Morgan fingerprint density at radius 3 is 2.59 bits per heavy atom. The van der Waals surface area contributed by atoms with Crippen LogP contribution in [0.15, 0.2) is 35.4 Å². The van der Waals surface area contributed by atoms with E-state index in [1.165, 1.54) is 16.6 Å². The molecule has 1 aromatic carbocycles. The maximum Gasteiger partial charge on any atom is 0.268 e. The fourth-order valence-electron chi connectivity index (χ4n) is 3.69. The van der Waals surface area contributed by atoms with Gasteiger partial charge in [0, 0.05) is 26.3 Å². The average molecular weight is 420 g/mol. The summed E-state index contributed by atoms with van der Waals surface area (Å²) in [6, 6.07) is 6.69. The quantitative estimate of drug-likeness (QED) is 0.804. The molecular weight excluding hydrogens is 394 g/mol. The molecule has 29 heavy (non-hydrogen) atoms. The first-order chi connectivity index (χ1) is 13.9. The molecule has 0 bridgehead atoms. The number of hydrogen-bond donors (Lipinski definition) is 1. The maximum absolute atomic E-state index is 12.9. The predicted molar refractivity (Wildman–Crippen MR) is 106 cm³/mol. The summed E-state index contributed by atoms with van der Waals surface area (Å²) in [5, 5.41) is 2.92. The van der Waals surface area contributed by atoms with Crippen molar-refractivity contribution in [2.24, 2.45) is 7.05 Å². The monoisotopic (exact) mass is 419 g/mol. The molecule has 1 atom stereocenters.